The first-order chi connectivity index (χ1) is 13.8. The molecule has 0 bridgehead atoms. The Morgan fingerprint density at radius 2 is 1.83 bits per heavy atom. The minimum absolute atomic E-state index is 0.00211. The molecule has 0 atom stereocenters. The van der Waals surface area contributed by atoms with E-state index in [0.717, 1.165) is 29.9 Å². The van der Waals surface area contributed by atoms with Gasteiger partial charge in [-0.3, -0.25) is 0 Å². The van der Waals surface area contributed by atoms with Crippen molar-refractivity contribution in [1.82, 2.24) is 0 Å². The summed E-state index contributed by atoms with van der Waals surface area (Å²) < 4.78 is 51.7. The van der Waals surface area contributed by atoms with Crippen molar-refractivity contribution in [2.45, 2.75) is 32.0 Å². The van der Waals surface area contributed by atoms with Crippen LogP contribution in [0.1, 0.15) is 28.7 Å². The summed E-state index contributed by atoms with van der Waals surface area (Å²) in [5, 5.41) is 1.09. The normalized spacial score (nSPS) is 15.9. The van der Waals surface area contributed by atoms with Crippen LogP contribution in [-0.2, 0) is 25.6 Å². The molecule has 29 heavy (non-hydrogen) atoms. The van der Waals surface area contributed by atoms with E-state index in [0.29, 0.717) is 33.9 Å². The van der Waals surface area contributed by atoms with Crippen LogP contribution < -0.4 is 15.3 Å². The van der Waals surface area contributed by atoms with Gasteiger partial charge in [-0.1, -0.05) is 23.7 Å². The van der Waals surface area contributed by atoms with Crippen molar-refractivity contribution in [1.29, 1.82) is 0 Å². The lowest BCUT2D eigenvalue weighted by Gasteiger charge is -2.33. The summed E-state index contributed by atoms with van der Waals surface area (Å²) >= 11 is 6.42. The summed E-state index contributed by atoms with van der Waals surface area (Å²) in [5.41, 5.74) is 1.25. The van der Waals surface area contributed by atoms with Gasteiger partial charge in [0.2, 0.25) is 0 Å². The van der Waals surface area contributed by atoms with E-state index in [2.05, 4.69) is 0 Å². The number of halogens is 4. The predicted octanol–water partition coefficient (Wildman–Crippen LogP) is 5.31. The van der Waals surface area contributed by atoms with Crippen molar-refractivity contribution in [3.63, 3.8) is 0 Å². The molecule has 0 N–H and O–H groups in total. The second kappa shape index (κ2) is 6.42. The summed E-state index contributed by atoms with van der Waals surface area (Å²) in [4.78, 5) is 13.9. The minimum Gasteiger partial charge on any atom is -0.471 e. The smallest absolute Gasteiger partial charge is 0.418 e. The molecule has 5 rings (SSSR count). The van der Waals surface area contributed by atoms with Crippen LogP contribution >= 0.6 is 11.6 Å². The van der Waals surface area contributed by atoms with Crippen LogP contribution in [0.4, 0.5) is 18.9 Å². The van der Waals surface area contributed by atoms with E-state index < -0.39 is 17.4 Å². The van der Waals surface area contributed by atoms with Crippen LogP contribution in [0, 0.1) is 0 Å². The van der Waals surface area contributed by atoms with E-state index in [-0.39, 0.29) is 19.0 Å². The van der Waals surface area contributed by atoms with Crippen LogP contribution in [0.5, 0.6) is 5.75 Å². The van der Waals surface area contributed by atoms with E-state index in [9.17, 15) is 18.0 Å². The second-order valence-corrected chi connectivity index (χ2v) is 7.64. The van der Waals surface area contributed by atoms with Crippen LogP contribution in [0.3, 0.4) is 0 Å². The van der Waals surface area contributed by atoms with Gasteiger partial charge in [0.25, 0.3) is 0 Å². The molecule has 0 fully saturated rings. The fraction of sp³-hybridized carbons (Fsp3) is 0.286. The predicted molar refractivity (Wildman–Crippen MR) is 103 cm³/mol. The van der Waals surface area contributed by atoms with E-state index in [1.54, 1.807) is 12.1 Å². The van der Waals surface area contributed by atoms with Gasteiger partial charge in [0.15, 0.2) is 6.73 Å². The van der Waals surface area contributed by atoms with Gasteiger partial charge < -0.3 is 14.1 Å². The van der Waals surface area contributed by atoms with Gasteiger partial charge in [-0.05, 0) is 43.0 Å². The number of hydrogen-bond donors (Lipinski definition) is 0. The van der Waals surface area contributed by atoms with E-state index in [1.165, 1.54) is 17.0 Å². The topological polar surface area (TPSA) is 42.7 Å². The van der Waals surface area contributed by atoms with Gasteiger partial charge in [0.1, 0.15) is 11.3 Å². The van der Waals surface area contributed by atoms with Gasteiger partial charge in [-0.15, -0.1) is 0 Å². The molecule has 0 saturated carbocycles. The lowest BCUT2D eigenvalue weighted by molar-refractivity contribution is -0.137. The highest BCUT2D eigenvalue weighted by molar-refractivity contribution is 6.33. The second-order valence-electron chi connectivity index (χ2n) is 7.23. The highest BCUT2D eigenvalue weighted by Gasteiger charge is 2.36. The van der Waals surface area contributed by atoms with Crippen molar-refractivity contribution in [3.05, 3.63) is 68.0 Å². The zero-order valence-electron chi connectivity index (χ0n) is 15.1. The molecule has 0 unspecified atom stereocenters. The number of benzene rings is 2. The standard InChI is InChI=1S/C21H15ClF3NO3/c22-16-8-13-11-4-3-5-12(11)20(27)29-18(13)14-9-26(10-28-19(14)16)17-7-2-1-6-15(17)21(23,24)25/h1-2,6-8H,3-5,9-10H2. The maximum Gasteiger partial charge on any atom is 0.418 e. The Labute approximate surface area is 168 Å². The number of alkyl halides is 3. The van der Waals surface area contributed by atoms with Gasteiger partial charge in [-0.25, -0.2) is 4.79 Å². The summed E-state index contributed by atoms with van der Waals surface area (Å²) in [6.07, 6.45) is -2.24. The summed E-state index contributed by atoms with van der Waals surface area (Å²) in [5.74, 6) is 0.348. The third-order valence-corrected chi connectivity index (χ3v) is 5.81. The summed E-state index contributed by atoms with van der Waals surface area (Å²) in [6.45, 7) is -0.0122. The molecule has 1 aliphatic carbocycles. The first-order valence-electron chi connectivity index (χ1n) is 9.18. The molecule has 3 aromatic rings. The van der Waals surface area contributed by atoms with Crippen LogP contribution in [0.15, 0.2) is 39.5 Å². The molecule has 0 spiro atoms. The Hall–Kier alpha value is -2.67. The van der Waals surface area contributed by atoms with E-state index in [1.807, 2.05) is 0 Å². The summed E-state index contributed by atoms with van der Waals surface area (Å²) in [7, 11) is 0. The largest absolute Gasteiger partial charge is 0.471 e. The molecule has 8 heteroatoms. The van der Waals surface area contributed by atoms with Crippen molar-refractivity contribution < 1.29 is 22.3 Å². The zero-order valence-corrected chi connectivity index (χ0v) is 15.9. The number of rotatable bonds is 1. The number of hydrogen-bond acceptors (Lipinski definition) is 4. The van der Waals surface area contributed by atoms with Crippen LogP contribution in [-0.4, -0.2) is 6.73 Å². The number of ether oxygens (including phenoxy) is 1. The first-order valence-corrected chi connectivity index (χ1v) is 9.56. The molecule has 4 nitrogen and oxygen atoms in total. The van der Waals surface area contributed by atoms with Crippen molar-refractivity contribution in [2.24, 2.45) is 0 Å². The van der Waals surface area contributed by atoms with E-state index >= 15 is 0 Å². The fourth-order valence-electron chi connectivity index (χ4n) is 4.25. The van der Waals surface area contributed by atoms with Crippen LogP contribution in [0.25, 0.3) is 11.0 Å². The third kappa shape index (κ3) is 2.87. The molecule has 1 aliphatic heterocycles. The Kier molecular flexibility index (Phi) is 4.07. The molecular formula is C21H15ClF3NO3. The molecule has 2 aliphatic rings. The number of fused-ring (bicyclic) bond motifs is 5. The Morgan fingerprint density at radius 3 is 2.62 bits per heavy atom. The maximum atomic E-state index is 13.5. The molecular weight excluding hydrogens is 407 g/mol. The minimum atomic E-state index is -4.50. The number of nitrogens with zero attached hydrogens (tertiary/aromatic N) is 1. The van der Waals surface area contributed by atoms with Crippen LogP contribution in [0.2, 0.25) is 5.02 Å². The SMILES string of the molecule is O=c1oc2c3c(c(Cl)cc2c2c1CCC2)OCN(c1ccccc1C(F)(F)F)C3. The summed E-state index contributed by atoms with van der Waals surface area (Å²) in [6, 6.07) is 7.05. The lowest BCUT2D eigenvalue weighted by atomic mass is 10.0. The molecule has 0 radical (unpaired) electrons. The lowest BCUT2D eigenvalue weighted by Crippen LogP contribution is -2.33. The Balaban J connectivity index is 1.68. The quantitative estimate of drug-likeness (QED) is 0.499. The average Bonchev–Trinajstić information content (AvgIpc) is 3.19. The monoisotopic (exact) mass is 421 g/mol. The van der Waals surface area contributed by atoms with Gasteiger partial charge in [0.05, 0.1) is 28.4 Å². The molecule has 1 aromatic heterocycles. The van der Waals surface area contributed by atoms with Gasteiger partial charge >= 0.3 is 11.8 Å². The highest BCUT2D eigenvalue weighted by Crippen LogP contribution is 2.43. The number of aryl methyl sites for hydroxylation is 1. The fourth-order valence-corrected chi connectivity index (χ4v) is 4.53. The van der Waals surface area contributed by atoms with E-state index in [4.69, 9.17) is 20.8 Å². The Bertz CT molecular complexity index is 1200. The number of anilines is 1. The van der Waals surface area contributed by atoms with Crippen molar-refractivity contribution in [2.75, 3.05) is 11.6 Å². The average molecular weight is 422 g/mol. The Morgan fingerprint density at radius 1 is 1.07 bits per heavy atom. The first kappa shape index (κ1) is 18.4. The van der Waals surface area contributed by atoms with Crippen molar-refractivity contribution in [3.8, 4) is 5.75 Å². The van der Waals surface area contributed by atoms with Crippen molar-refractivity contribution >= 4 is 28.3 Å². The third-order valence-electron chi connectivity index (χ3n) is 5.53. The molecule has 2 heterocycles. The molecule has 150 valence electrons. The highest BCUT2D eigenvalue weighted by atomic mass is 35.5. The molecule has 2 aromatic carbocycles. The molecule has 0 saturated heterocycles. The number of para-hydroxylation sites is 1. The molecule has 0 amide bonds. The maximum absolute atomic E-state index is 13.5. The van der Waals surface area contributed by atoms with Gasteiger partial charge in [0, 0.05) is 10.9 Å². The van der Waals surface area contributed by atoms with Gasteiger partial charge in [-0.2, -0.15) is 13.2 Å². The zero-order chi connectivity index (χ0) is 20.3.